The van der Waals surface area contributed by atoms with Crippen molar-refractivity contribution < 1.29 is 14.3 Å². The highest BCUT2D eigenvalue weighted by molar-refractivity contribution is 6.01. The lowest BCUT2D eigenvalue weighted by molar-refractivity contribution is 0.0952. The van der Waals surface area contributed by atoms with Crippen LogP contribution in [0.3, 0.4) is 0 Å². The Hall–Kier alpha value is -4.12. The summed E-state index contributed by atoms with van der Waals surface area (Å²) in [4.78, 5) is 12.6. The first kappa shape index (κ1) is 21.1. The largest absolute Gasteiger partial charge is 0.496 e. The number of hydrogen-bond acceptors (Lipinski definition) is 4. The SMILES string of the molecule is COc1cc2ccccc2cc1C(=O)NN=Cc1ccc(OCc2ccc(C)cc2)cc1. The maximum Gasteiger partial charge on any atom is 0.275 e. The highest BCUT2D eigenvalue weighted by atomic mass is 16.5. The van der Waals surface area contributed by atoms with E-state index in [0.717, 1.165) is 27.6 Å². The first-order valence-electron chi connectivity index (χ1n) is 10.3. The number of carbonyl (C=O) groups excluding carboxylic acids is 1. The van der Waals surface area contributed by atoms with E-state index in [4.69, 9.17) is 9.47 Å². The molecule has 4 aromatic rings. The van der Waals surface area contributed by atoms with Crippen LogP contribution in [0.1, 0.15) is 27.0 Å². The van der Waals surface area contributed by atoms with E-state index in [-0.39, 0.29) is 5.91 Å². The Morgan fingerprint density at radius 3 is 2.31 bits per heavy atom. The van der Waals surface area contributed by atoms with Gasteiger partial charge in [-0.3, -0.25) is 4.79 Å². The van der Waals surface area contributed by atoms with Crippen LogP contribution >= 0.6 is 0 Å². The number of benzene rings is 4. The molecule has 5 heteroatoms. The molecule has 4 aromatic carbocycles. The van der Waals surface area contributed by atoms with Crippen LogP contribution in [0.5, 0.6) is 11.5 Å². The van der Waals surface area contributed by atoms with Gasteiger partial charge in [0.05, 0.1) is 18.9 Å². The second-order valence-corrected chi connectivity index (χ2v) is 7.44. The van der Waals surface area contributed by atoms with Gasteiger partial charge in [-0.05, 0) is 65.2 Å². The topological polar surface area (TPSA) is 59.9 Å². The fraction of sp³-hybridized carbons (Fsp3) is 0.111. The molecule has 4 rings (SSSR count). The smallest absolute Gasteiger partial charge is 0.275 e. The van der Waals surface area contributed by atoms with Crippen LogP contribution in [0.15, 0.2) is 90.0 Å². The van der Waals surface area contributed by atoms with Gasteiger partial charge in [0.2, 0.25) is 0 Å². The number of carbonyl (C=O) groups is 1. The van der Waals surface area contributed by atoms with Gasteiger partial charge >= 0.3 is 0 Å². The fourth-order valence-electron chi connectivity index (χ4n) is 3.29. The molecule has 0 saturated carbocycles. The van der Waals surface area contributed by atoms with Crippen molar-refractivity contribution >= 4 is 22.9 Å². The van der Waals surface area contributed by atoms with Gasteiger partial charge in [-0.15, -0.1) is 0 Å². The number of rotatable bonds is 7. The van der Waals surface area contributed by atoms with Gasteiger partial charge in [-0.25, -0.2) is 5.43 Å². The van der Waals surface area contributed by atoms with Gasteiger partial charge in [0, 0.05) is 0 Å². The molecule has 0 bridgehead atoms. The average Bonchev–Trinajstić information content (AvgIpc) is 2.83. The number of hydrazone groups is 1. The first-order chi connectivity index (χ1) is 15.6. The third-order valence-electron chi connectivity index (χ3n) is 5.10. The summed E-state index contributed by atoms with van der Waals surface area (Å²) >= 11 is 0. The van der Waals surface area contributed by atoms with Crippen molar-refractivity contribution in [2.45, 2.75) is 13.5 Å². The molecule has 0 spiro atoms. The lowest BCUT2D eigenvalue weighted by atomic mass is 10.1. The monoisotopic (exact) mass is 424 g/mol. The first-order valence-corrected chi connectivity index (χ1v) is 10.3. The Morgan fingerprint density at radius 2 is 1.62 bits per heavy atom. The molecule has 1 N–H and O–H groups in total. The highest BCUT2D eigenvalue weighted by Crippen LogP contribution is 2.25. The predicted molar refractivity (Wildman–Crippen MR) is 128 cm³/mol. The van der Waals surface area contributed by atoms with E-state index >= 15 is 0 Å². The van der Waals surface area contributed by atoms with Crippen LogP contribution in [0.2, 0.25) is 0 Å². The van der Waals surface area contributed by atoms with Gasteiger partial charge in [-0.1, -0.05) is 54.1 Å². The Balaban J connectivity index is 1.37. The zero-order chi connectivity index (χ0) is 22.3. The lowest BCUT2D eigenvalue weighted by Gasteiger charge is -2.09. The number of hydrogen-bond donors (Lipinski definition) is 1. The molecule has 0 aromatic heterocycles. The maximum absolute atomic E-state index is 12.6. The van der Waals surface area contributed by atoms with Crippen LogP contribution in [0.25, 0.3) is 10.8 Å². The van der Waals surface area contributed by atoms with E-state index in [1.807, 2.05) is 54.6 Å². The number of fused-ring (bicyclic) bond motifs is 1. The molecule has 0 heterocycles. The Morgan fingerprint density at radius 1 is 0.938 bits per heavy atom. The van der Waals surface area contributed by atoms with Gasteiger partial charge in [0.25, 0.3) is 5.91 Å². The van der Waals surface area contributed by atoms with Crippen molar-refractivity contribution in [1.29, 1.82) is 0 Å². The molecular weight excluding hydrogens is 400 g/mol. The summed E-state index contributed by atoms with van der Waals surface area (Å²) in [5.41, 5.74) is 6.20. The predicted octanol–water partition coefficient (Wildman–Crippen LogP) is 5.50. The number of nitrogens with one attached hydrogen (secondary N) is 1. The zero-order valence-electron chi connectivity index (χ0n) is 18.0. The van der Waals surface area contributed by atoms with E-state index in [0.29, 0.717) is 17.9 Å². The summed E-state index contributed by atoms with van der Waals surface area (Å²) in [6, 6.07) is 27.3. The summed E-state index contributed by atoms with van der Waals surface area (Å²) in [7, 11) is 1.55. The van der Waals surface area contributed by atoms with Crippen molar-refractivity contribution in [1.82, 2.24) is 5.43 Å². The molecule has 0 fully saturated rings. The summed E-state index contributed by atoms with van der Waals surface area (Å²) in [6.45, 7) is 2.57. The second-order valence-electron chi connectivity index (χ2n) is 7.44. The highest BCUT2D eigenvalue weighted by Gasteiger charge is 2.13. The van der Waals surface area contributed by atoms with E-state index in [2.05, 4.69) is 41.7 Å². The minimum atomic E-state index is -0.332. The van der Waals surface area contributed by atoms with Gasteiger partial charge in [-0.2, -0.15) is 5.10 Å². The minimum Gasteiger partial charge on any atom is -0.496 e. The third kappa shape index (κ3) is 5.13. The van der Waals surface area contributed by atoms with Gasteiger partial charge in [0.1, 0.15) is 18.1 Å². The number of aryl methyl sites for hydroxylation is 1. The van der Waals surface area contributed by atoms with Crippen molar-refractivity contribution in [2.75, 3.05) is 7.11 Å². The van der Waals surface area contributed by atoms with Crippen LogP contribution in [0.4, 0.5) is 0 Å². The number of ether oxygens (including phenoxy) is 2. The Bertz CT molecular complexity index is 1250. The molecule has 0 atom stereocenters. The Labute approximate surface area is 187 Å². The second kappa shape index (κ2) is 9.79. The summed E-state index contributed by atoms with van der Waals surface area (Å²) < 4.78 is 11.2. The molecule has 1 amide bonds. The van der Waals surface area contributed by atoms with E-state index in [9.17, 15) is 4.79 Å². The van der Waals surface area contributed by atoms with E-state index in [1.54, 1.807) is 19.4 Å². The van der Waals surface area contributed by atoms with E-state index in [1.165, 1.54) is 5.56 Å². The fourth-order valence-corrected chi connectivity index (χ4v) is 3.29. The molecular formula is C27H24N2O3. The normalized spacial score (nSPS) is 10.9. The van der Waals surface area contributed by atoms with Gasteiger partial charge < -0.3 is 9.47 Å². The quantitative estimate of drug-likeness (QED) is 0.315. The molecule has 0 radical (unpaired) electrons. The van der Waals surface area contributed by atoms with Crippen molar-refractivity contribution in [3.05, 3.63) is 107 Å². The molecule has 5 nitrogen and oxygen atoms in total. The summed E-state index contributed by atoms with van der Waals surface area (Å²) in [5.74, 6) is 0.945. The molecule has 0 saturated heterocycles. The molecule has 32 heavy (non-hydrogen) atoms. The lowest BCUT2D eigenvalue weighted by Crippen LogP contribution is -2.18. The van der Waals surface area contributed by atoms with Gasteiger partial charge in [0.15, 0.2) is 0 Å². The van der Waals surface area contributed by atoms with Crippen molar-refractivity contribution in [3.63, 3.8) is 0 Å². The third-order valence-corrected chi connectivity index (χ3v) is 5.10. The standard InChI is InChI=1S/C27H24N2O3/c1-19-7-9-21(10-8-19)18-32-24-13-11-20(12-14-24)17-28-29-27(30)25-15-22-5-3-4-6-23(22)16-26(25)31-2/h3-17H,18H2,1-2H3,(H,29,30). The van der Waals surface area contributed by atoms with Crippen LogP contribution < -0.4 is 14.9 Å². The molecule has 0 aliphatic carbocycles. The molecule has 0 aliphatic heterocycles. The summed E-state index contributed by atoms with van der Waals surface area (Å²) in [6.07, 6.45) is 1.59. The maximum atomic E-state index is 12.6. The average molecular weight is 425 g/mol. The van der Waals surface area contributed by atoms with E-state index < -0.39 is 0 Å². The zero-order valence-corrected chi connectivity index (χ0v) is 18.0. The number of amides is 1. The van der Waals surface area contributed by atoms with Crippen LogP contribution in [0, 0.1) is 6.92 Å². The van der Waals surface area contributed by atoms with Crippen molar-refractivity contribution in [3.8, 4) is 11.5 Å². The van der Waals surface area contributed by atoms with Crippen LogP contribution in [-0.2, 0) is 6.61 Å². The number of methoxy groups -OCH3 is 1. The van der Waals surface area contributed by atoms with Crippen molar-refractivity contribution in [2.24, 2.45) is 5.10 Å². The molecule has 160 valence electrons. The summed E-state index contributed by atoms with van der Waals surface area (Å²) in [5, 5.41) is 6.05. The minimum absolute atomic E-state index is 0.332. The number of nitrogens with zero attached hydrogens (tertiary/aromatic N) is 1. The van der Waals surface area contributed by atoms with Crippen LogP contribution in [-0.4, -0.2) is 19.2 Å². The Kier molecular flexibility index (Phi) is 6.46. The molecule has 0 aliphatic rings. The molecule has 0 unspecified atom stereocenters.